The van der Waals surface area contributed by atoms with Crippen LogP contribution < -0.4 is 0 Å². The van der Waals surface area contributed by atoms with Gasteiger partial charge in [0.1, 0.15) is 30.4 Å². The highest BCUT2D eigenvalue weighted by atomic mass is 16.6. The molecule has 1 unspecified atom stereocenters. The third kappa shape index (κ3) is 4.05. The fraction of sp³-hybridized carbons (Fsp3) is 0.652. The Labute approximate surface area is 172 Å². The summed E-state index contributed by atoms with van der Waals surface area (Å²) in [6.07, 6.45) is 3.97. The van der Waals surface area contributed by atoms with E-state index in [0.29, 0.717) is 30.9 Å². The van der Waals surface area contributed by atoms with Gasteiger partial charge >= 0.3 is 11.9 Å². The molecule has 6 atom stereocenters. The maximum atomic E-state index is 13.1. The number of ether oxygens (including phenoxy) is 3. The Hall–Kier alpha value is -1.92. The monoisotopic (exact) mass is 402 g/mol. The van der Waals surface area contributed by atoms with Gasteiger partial charge in [-0.2, -0.15) is 0 Å². The first-order valence-corrected chi connectivity index (χ1v) is 10.8. The van der Waals surface area contributed by atoms with Crippen molar-refractivity contribution in [1.82, 2.24) is 0 Å². The molecule has 6 heteroatoms. The van der Waals surface area contributed by atoms with Gasteiger partial charge in [-0.05, 0) is 12.0 Å². The highest BCUT2D eigenvalue weighted by Gasteiger charge is 2.70. The van der Waals surface area contributed by atoms with Crippen molar-refractivity contribution in [3.05, 3.63) is 35.9 Å². The van der Waals surface area contributed by atoms with Crippen LogP contribution in [-0.4, -0.2) is 67.5 Å². The summed E-state index contributed by atoms with van der Waals surface area (Å²) in [5.74, 6) is -1.30. The number of likely N-dealkylation sites (N-methyl/N-ethyl adjacent to an activating group) is 1. The minimum Gasteiger partial charge on any atom is -0.466 e. The molecule has 0 spiro atoms. The zero-order valence-corrected chi connectivity index (χ0v) is 17.6. The van der Waals surface area contributed by atoms with Crippen molar-refractivity contribution in [3.63, 3.8) is 0 Å². The molecule has 3 aliphatic heterocycles. The standard InChI is InChI=1S/C23H32NO5/c1-4-5-11-27-20(25)14-17(15-9-7-6-8-10-15)23(26)28-16-12-18-21-22(29-21)19(13-16)24(18,2)3/h6-10,16-19,21-22H,4-5,11-14H2,1-3H3/q+1/t16?,17-,18-,19+,21-,22+/m1/s1. The second-order valence-electron chi connectivity index (χ2n) is 9.10. The van der Waals surface area contributed by atoms with Crippen LogP contribution in [0.15, 0.2) is 30.3 Å². The van der Waals surface area contributed by atoms with E-state index in [1.54, 1.807) is 0 Å². The fourth-order valence-electron chi connectivity index (χ4n) is 5.13. The minimum atomic E-state index is -0.627. The summed E-state index contributed by atoms with van der Waals surface area (Å²) in [6, 6.07) is 10.2. The maximum Gasteiger partial charge on any atom is 0.314 e. The number of esters is 2. The summed E-state index contributed by atoms with van der Waals surface area (Å²) >= 11 is 0. The molecule has 3 fully saturated rings. The van der Waals surface area contributed by atoms with Crippen molar-refractivity contribution in [2.24, 2.45) is 0 Å². The molecule has 158 valence electrons. The molecule has 3 saturated heterocycles. The van der Waals surface area contributed by atoms with E-state index >= 15 is 0 Å². The number of piperidine rings is 1. The van der Waals surface area contributed by atoms with Crippen LogP contribution in [-0.2, 0) is 23.8 Å². The lowest BCUT2D eigenvalue weighted by Gasteiger charge is -2.45. The Kier molecular flexibility index (Phi) is 5.67. The molecule has 1 aromatic carbocycles. The van der Waals surface area contributed by atoms with Crippen LogP contribution in [0.4, 0.5) is 0 Å². The molecule has 0 aliphatic carbocycles. The van der Waals surface area contributed by atoms with Crippen LogP contribution in [0.2, 0.25) is 0 Å². The average Bonchev–Trinajstić information content (AvgIpc) is 3.45. The van der Waals surface area contributed by atoms with Gasteiger partial charge < -0.3 is 18.7 Å². The molecule has 1 aromatic rings. The number of quaternary nitrogens is 1. The molecule has 0 N–H and O–H groups in total. The number of benzene rings is 1. The Balaban J connectivity index is 1.41. The highest BCUT2D eigenvalue weighted by Crippen LogP contribution is 2.51. The summed E-state index contributed by atoms with van der Waals surface area (Å²) in [5, 5.41) is 0. The van der Waals surface area contributed by atoms with Crippen LogP contribution in [0, 0.1) is 0 Å². The van der Waals surface area contributed by atoms with Crippen molar-refractivity contribution < 1.29 is 28.3 Å². The first-order chi connectivity index (χ1) is 13.9. The molecule has 0 radical (unpaired) electrons. The third-order valence-electron chi connectivity index (χ3n) is 6.94. The Morgan fingerprint density at radius 3 is 2.41 bits per heavy atom. The van der Waals surface area contributed by atoms with E-state index in [-0.39, 0.29) is 24.5 Å². The summed E-state index contributed by atoms with van der Waals surface area (Å²) in [5.41, 5.74) is 0.797. The van der Waals surface area contributed by atoms with E-state index in [9.17, 15) is 9.59 Å². The van der Waals surface area contributed by atoms with Crippen LogP contribution >= 0.6 is 0 Å². The first kappa shape index (κ1) is 20.4. The van der Waals surface area contributed by atoms with Gasteiger partial charge in [0.25, 0.3) is 0 Å². The lowest BCUT2D eigenvalue weighted by Crippen LogP contribution is -2.60. The van der Waals surface area contributed by atoms with Gasteiger partial charge in [-0.3, -0.25) is 9.59 Å². The second-order valence-corrected chi connectivity index (χ2v) is 9.10. The number of hydrogen-bond donors (Lipinski definition) is 0. The summed E-state index contributed by atoms with van der Waals surface area (Å²) in [4.78, 5) is 25.4. The lowest BCUT2D eigenvalue weighted by molar-refractivity contribution is -0.938. The molecule has 2 bridgehead atoms. The van der Waals surface area contributed by atoms with Gasteiger partial charge in [-0.25, -0.2) is 0 Å². The number of unbranched alkanes of at least 4 members (excludes halogenated alkanes) is 1. The molecular weight excluding hydrogens is 370 g/mol. The van der Waals surface area contributed by atoms with Crippen molar-refractivity contribution in [2.75, 3.05) is 20.7 Å². The number of rotatable bonds is 8. The molecular formula is C23H32NO5+. The minimum absolute atomic E-state index is 0.0159. The van der Waals surface area contributed by atoms with Crippen molar-refractivity contribution in [1.29, 1.82) is 0 Å². The summed E-state index contributed by atoms with van der Waals surface area (Å²) in [7, 11) is 4.50. The normalized spacial score (nSPS) is 32.2. The average molecular weight is 403 g/mol. The quantitative estimate of drug-likeness (QED) is 0.290. The fourth-order valence-corrected chi connectivity index (χ4v) is 5.13. The van der Waals surface area contributed by atoms with Gasteiger partial charge in [0.2, 0.25) is 0 Å². The number of epoxide rings is 1. The Morgan fingerprint density at radius 2 is 1.79 bits per heavy atom. The number of hydrogen-bond acceptors (Lipinski definition) is 5. The topological polar surface area (TPSA) is 65.1 Å². The maximum absolute atomic E-state index is 13.1. The molecule has 0 amide bonds. The summed E-state index contributed by atoms with van der Waals surface area (Å²) in [6.45, 7) is 2.44. The van der Waals surface area contributed by atoms with E-state index in [0.717, 1.165) is 35.7 Å². The molecule has 3 heterocycles. The SMILES string of the molecule is CCCCOC(=O)C[C@@H](C(=O)OC1C[C@@H]2[C@H]3O[C@H]3[C@H](C1)[N+]2(C)C)c1ccccc1. The smallest absolute Gasteiger partial charge is 0.314 e. The predicted molar refractivity (Wildman–Crippen MR) is 107 cm³/mol. The predicted octanol–water partition coefficient (Wildman–Crippen LogP) is 2.80. The molecule has 4 rings (SSSR count). The molecule has 6 nitrogen and oxygen atoms in total. The first-order valence-electron chi connectivity index (χ1n) is 10.8. The second kappa shape index (κ2) is 8.07. The zero-order chi connectivity index (χ0) is 20.6. The van der Waals surface area contributed by atoms with Crippen LogP contribution in [0.1, 0.15) is 50.5 Å². The molecule has 0 aromatic heterocycles. The third-order valence-corrected chi connectivity index (χ3v) is 6.94. The lowest BCUT2D eigenvalue weighted by atomic mass is 9.94. The van der Waals surface area contributed by atoms with Crippen LogP contribution in [0.5, 0.6) is 0 Å². The van der Waals surface area contributed by atoms with E-state index in [4.69, 9.17) is 14.2 Å². The van der Waals surface area contributed by atoms with Gasteiger partial charge in [0, 0.05) is 12.8 Å². The van der Waals surface area contributed by atoms with E-state index in [2.05, 4.69) is 14.1 Å². The van der Waals surface area contributed by atoms with Crippen molar-refractivity contribution >= 4 is 11.9 Å². The van der Waals surface area contributed by atoms with Crippen LogP contribution in [0.25, 0.3) is 0 Å². The number of nitrogens with zero attached hydrogens (tertiary/aromatic N) is 1. The van der Waals surface area contributed by atoms with Crippen LogP contribution in [0.3, 0.4) is 0 Å². The van der Waals surface area contributed by atoms with E-state index in [1.165, 1.54) is 0 Å². The van der Waals surface area contributed by atoms with E-state index < -0.39 is 5.92 Å². The Morgan fingerprint density at radius 1 is 1.14 bits per heavy atom. The molecule has 29 heavy (non-hydrogen) atoms. The molecule has 3 aliphatic rings. The number of carbonyl (C=O) groups excluding carboxylic acids is 2. The largest absolute Gasteiger partial charge is 0.466 e. The zero-order valence-electron chi connectivity index (χ0n) is 17.6. The summed E-state index contributed by atoms with van der Waals surface area (Å²) < 4.78 is 18.0. The van der Waals surface area contributed by atoms with Crippen molar-refractivity contribution in [3.8, 4) is 0 Å². The van der Waals surface area contributed by atoms with Gasteiger partial charge in [-0.15, -0.1) is 0 Å². The van der Waals surface area contributed by atoms with Crippen molar-refractivity contribution in [2.45, 2.75) is 75.3 Å². The highest BCUT2D eigenvalue weighted by molar-refractivity contribution is 5.84. The van der Waals surface area contributed by atoms with E-state index in [1.807, 2.05) is 37.3 Å². The van der Waals surface area contributed by atoms with Gasteiger partial charge in [0.05, 0.1) is 33.0 Å². The Bertz CT molecular complexity index is 729. The van der Waals surface area contributed by atoms with Gasteiger partial charge in [0.15, 0.2) is 0 Å². The number of morpholine rings is 1. The number of carbonyl (C=O) groups is 2. The van der Waals surface area contributed by atoms with Gasteiger partial charge in [-0.1, -0.05) is 43.7 Å². The number of fused-ring (bicyclic) bond motifs is 5. The molecule has 0 saturated carbocycles.